The second-order valence-corrected chi connectivity index (χ2v) is 18.1. The molecule has 0 amide bonds. The van der Waals surface area contributed by atoms with Crippen LogP contribution in [0.25, 0.3) is 0 Å². The van der Waals surface area contributed by atoms with Gasteiger partial charge in [-0.2, -0.15) is 0 Å². The molecule has 27 heavy (non-hydrogen) atoms. The minimum Gasteiger partial charge on any atom is -0.414 e. The van der Waals surface area contributed by atoms with Gasteiger partial charge in [-0.05, 0) is 29.1 Å². The Kier molecular flexibility index (Phi) is 7.56. The number of ether oxygens (including phenoxy) is 1. The third kappa shape index (κ3) is 4.15. The van der Waals surface area contributed by atoms with Gasteiger partial charge >= 0.3 is 17.1 Å². The summed E-state index contributed by atoms with van der Waals surface area (Å²) in [5, 5.41) is 10.9. The van der Waals surface area contributed by atoms with Crippen molar-refractivity contribution in [3.05, 3.63) is 12.2 Å². The highest BCUT2D eigenvalue weighted by Crippen LogP contribution is 2.47. The Morgan fingerprint density at radius 3 is 1.85 bits per heavy atom. The number of rotatable bonds is 5. The summed E-state index contributed by atoms with van der Waals surface area (Å²) < 4.78 is 26.8. The summed E-state index contributed by atoms with van der Waals surface area (Å²) in [5.74, 6) is 0. The van der Waals surface area contributed by atoms with Crippen molar-refractivity contribution in [3.63, 3.8) is 0 Å². The van der Waals surface area contributed by atoms with Crippen LogP contribution in [0.15, 0.2) is 12.2 Å². The number of allylic oxidation sites excluding steroid dienone is 1. The molecule has 2 fully saturated rings. The molecule has 0 aromatic heterocycles. The second kappa shape index (κ2) is 8.77. The lowest BCUT2D eigenvalue weighted by Crippen LogP contribution is -2.65. The molecule has 0 radical (unpaired) electrons. The average Bonchev–Trinajstić information content (AvgIpc) is 2.82. The summed E-state index contributed by atoms with van der Waals surface area (Å²) in [5.41, 5.74) is 1.11. The summed E-state index contributed by atoms with van der Waals surface area (Å²) in [4.78, 5) is 0. The van der Waals surface area contributed by atoms with Crippen LogP contribution in [-0.2, 0) is 17.7 Å². The highest BCUT2D eigenvalue weighted by Gasteiger charge is 2.61. The Balaban J connectivity index is 2.53. The first-order valence-corrected chi connectivity index (χ1v) is 14.4. The van der Waals surface area contributed by atoms with E-state index in [0.29, 0.717) is 17.7 Å². The first-order chi connectivity index (χ1) is 12.5. The molecule has 2 aliphatic rings. The van der Waals surface area contributed by atoms with Crippen LogP contribution >= 0.6 is 0 Å². The van der Waals surface area contributed by atoms with Crippen LogP contribution < -0.4 is 0 Å². The fraction of sp³-hybridized carbons (Fsp3) is 0.900. The van der Waals surface area contributed by atoms with E-state index in [9.17, 15) is 5.11 Å². The molecule has 4 atom stereocenters. The normalized spacial score (nSPS) is 33.9. The number of hydrogen-bond acceptors (Lipinski definition) is 5. The van der Waals surface area contributed by atoms with Crippen molar-refractivity contribution in [2.45, 2.75) is 109 Å². The molecule has 0 spiro atoms. The second-order valence-electron chi connectivity index (χ2n) is 9.21. The van der Waals surface area contributed by atoms with Gasteiger partial charge in [0.05, 0.1) is 6.61 Å². The molecule has 0 unspecified atom stereocenters. The highest BCUT2D eigenvalue weighted by molar-refractivity contribution is 6.83. The van der Waals surface area contributed by atoms with E-state index in [0.717, 1.165) is 0 Å². The van der Waals surface area contributed by atoms with Crippen LogP contribution in [0.4, 0.5) is 0 Å². The Hall–Kier alpha value is -0.0262. The molecule has 7 heteroatoms. The Morgan fingerprint density at radius 1 is 0.889 bits per heavy atom. The topological polar surface area (TPSA) is 57.2 Å². The predicted octanol–water partition coefficient (Wildman–Crippen LogP) is 4.65. The number of hydrogen-bond donors (Lipinski definition) is 1. The van der Waals surface area contributed by atoms with E-state index in [2.05, 4.69) is 55.4 Å². The van der Waals surface area contributed by atoms with E-state index in [4.69, 9.17) is 17.7 Å². The van der Waals surface area contributed by atoms with Gasteiger partial charge in [-0.15, -0.1) is 0 Å². The molecule has 158 valence electrons. The van der Waals surface area contributed by atoms with E-state index in [1.807, 2.05) is 19.1 Å². The highest BCUT2D eigenvalue weighted by atomic mass is 28.5. The van der Waals surface area contributed by atoms with Gasteiger partial charge in [-0.1, -0.05) is 67.5 Å². The monoisotopic (exact) mass is 416 g/mol. The van der Waals surface area contributed by atoms with Crippen molar-refractivity contribution in [3.8, 4) is 0 Å². The van der Waals surface area contributed by atoms with Crippen LogP contribution in [-0.4, -0.2) is 53.3 Å². The molecule has 0 aliphatic carbocycles. The fourth-order valence-electron chi connectivity index (χ4n) is 4.53. The maximum atomic E-state index is 10.9. The first kappa shape index (κ1) is 23.3. The maximum absolute atomic E-state index is 10.9. The van der Waals surface area contributed by atoms with Crippen molar-refractivity contribution in [2.24, 2.45) is 0 Å². The van der Waals surface area contributed by atoms with E-state index in [1.54, 1.807) is 0 Å². The molecule has 0 saturated carbocycles. The summed E-state index contributed by atoms with van der Waals surface area (Å²) in [6, 6.07) is 0. The minimum atomic E-state index is -2.69. The molecule has 0 aromatic rings. The summed E-state index contributed by atoms with van der Waals surface area (Å²) >= 11 is 0. The number of aliphatic hydroxyl groups is 1. The predicted molar refractivity (Wildman–Crippen MR) is 113 cm³/mol. The van der Waals surface area contributed by atoms with Gasteiger partial charge in [0, 0.05) is 0 Å². The fourth-order valence-corrected chi connectivity index (χ4v) is 15.7. The first-order valence-electron chi connectivity index (χ1n) is 10.5. The quantitative estimate of drug-likeness (QED) is 0.522. The SMILES string of the molecule is C/C=C\[C@@H]1O[C@@H]2CO[Si](C(C)C)(C(C)C)O[Si](C(C)C)(C(C)C)O[C@H]2[C@H]1O. The van der Waals surface area contributed by atoms with Gasteiger partial charge in [0.1, 0.15) is 24.4 Å². The van der Waals surface area contributed by atoms with Gasteiger partial charge in [0.25, 0.3) is 0 Å². The van der Waals surface area contributed by atoms with E-state index < -0.39 is 29.3 Å². The molecule has 2 aliphatic heterocycles. The molecule has 2 heterocycles. The van der Waals surface area contributed by atoms with Crippen LogP contribution in [0.5, 0.6) is 0 Å². The van der Waals surface area contributed by atoms with Crippen LogP contribution in [0, 0.1) is 0 Å². The molecule has 0 bridgehead atoms. The largest absolute Gasteiger partial charge is 0.414 e. The number of aliphatic hydroxyl groups excluding tert-OH is 1. The third-order valence-corrected chi connectivity index (χ3v) is 16.3. The van der Waals surface area contributed by atoms with Crippen LogP contribution in [0.2, 0.25) is 22.2 Å². The van der Waals surface area contributed by atoms with Crippen molar-refractivity contribution < 1.29 is 22.8 Å². The molecule has 1 N–H and O–H groups in total. The van der Waals surface area contributed by atoms with E-state index in [1.165, 1.54) is 0 Å². The van der Waals surface area contributed by atoms with Crippen molar-refractivity contribution >= 4 is 17.1 Å². The van der Waals surface area contributed by atoms with Gasteiger partial charge in [0.15, 0.2) is 0 Å². The molecule has 0 aromatic carbocycles. The number of fused-ring (bicyclic) bond motifs is 1. The van der Waals surface area contributed by atoms with Crippen molar-refractivity contribution in [2.75, 3.05) is 6.61 Å². The zero-order chi connectivity index (χ0) is 20.6. The van der Waals surface area contributed by atoms with Crippen LogP contribution in [0.3, 0.4) is 0 Å². The van der Waals surface area contributed by atoms with E-state index in [-0.39, 0.29) is 23.3 Å². The lowest BCUT2D eigenvalue weighted by atomic mass is 10.1. The van der Waals surface area contributed by atoms with Crippen LogP contribution in [0.1, 0.15) is 62.3 Å². The minimum absolute atomic E-state index is 0.247. The lowest BCUT2D eigenvalue weighted by Gasteiger charge is -2.51. The Bertz CT molecular complexity index is 505. The third-order valence-electron chi connectivity index (χ3n) is 6.09. The van der Waals surface area contributed by atoms with Gasteiger partial charge in [-0.25, -0.2) is 0 Å². The standard InChI is InChI=1S/C20H40O5Si2/c1-10-11-17-19(21)20-18(23-17)12-22-26(13(2)3,14(4)5)25-27(24-20,15(6)7)16(8)9/h10-11,13-21H,12H2,1-9H3/b11-10-/t17-,18+,19-,20+/m0/s1. The zero-order valence-electron chi connectivity index (χ0n) is 18.6. The van der Waals surface area contributed by atoms with E-state index >= 15 is 0 Å². The molecular weight excluding hydrogens is 376 g/mol. The maximum Gasteiger partial charge on any atom is 0.335 e. The van der Waals surface area contributed by atoms with Crippen molar-refractivity contribution in [1.29, 1.82) is 0 Å². The smallest absolute Gasteiger partial charge is 0.335 e. The van der Waals surface area contributed by atoms with Gasteiger partial charge in [-0.3, -0.25) is 0 Å². The molecule has 2 saturated heterocycles. The summed E-state index contributed by atoms with van der Waals surface area (Å²) in [6.07, 6.45) is 2.10. The molecular formula is C20H40O5Si2. The Labute approximate surface area is 167 Å². The lowest BCUT2D eigenvalue weighted by molar-refractivity contribution is -0.0337. The van der Waals surface area contributed by atoms with Gasteiger partial charge in [0.2, 0.25) is 0 Å². The summed E-state index contributed by atoms with van der Waals surface area (Å²) in [6.45, 7) is 19.9. The molecule has 5 nitrogen and oxygen atoms in total. The average molecular weight is 417 g/mol. The van der Waals surface area contributed by atoms with Crippen molar-refractivity contribution in [1.82, 2.24) is 0 Å². The molecule has 2 rings (SSSR count). The summed E-state index contributed by atoms with van der Waals surface area (Å²) in [7, 11) is -5.23. The Morgan fingerprint density at radius 2 is 1.41 bits per heavy atom. The zero-order valence-corrected chi connectivity index (χ0v) is 20.6. The van der Waals surface area contributed by atoms with Gasteiger partial charge < -0.3 is 22.8 Å².